The molecule has 0 aromatic heterocycles. The molecule has 0 fully saturated rings. The summed E-state index contributed by atoms with van der Waals surface area (Å²) < 4.78 is 15.7. The minimum atomic E-state index is -0.761. The van der Waals surface area contributed by atoms with Crippen molar-refractivity contribution in [2.75, 3.05) is 13.2 Å². The summed E-state index contributed by atoms with van der Waals surface area (Å²) in [6.45, 7) is 5.90. The Bertz CT molecular complexity index is 348. The Morgan fingerprint density at radius 3 is 2.71 bits per heavy atom. The van der Waals surface area contributed by atoms with Gasteiger partial charge in [-0.25, -0.2) is 4.79 Å². The monoisotopic (exact) mass is 236 g/mol. The molecule has 0 aliphatic rings. The van der Waals surface area contributed by atoms with Crippen LogP contribution in [0.5, 0.6) is 5.75 Å². The first-order valence-electron chi connectivity index (χ1n) is 5.38. The molecular formula is C13H16O4. The number of hydrogen-bond donors (Lipinski definition) is 0. The molecule has 1 unspecified atom stereocenters. The third-order valence-electron chi connectivity index (χ3n) is 1.88. The van der Waals surface area contributed by atoms with Gasteiger partial charge in [0.25, 0.3) is 6.29 Å². The smallest absolute Gasteiger partial charge is 0.333 e. The van der Waals surface area contributed by atoms with Gasteiger partial charge >= 0.3 is 5.97 Å². The lowest BCUT2D eigenvalue weighted by atomic mass is 10.3. The fraction of sp³-hybridized carbons (Fsp3) is 0.308. The van der Waals surface area contributed by atoms with Crippen LogP contribution < -0.4 is 4.74 Å². The number of ether oxygens (including phenoxy) is 3. The summed E-state index contributed by atoms with van der Waals surface area (Å²) >= 11 is 0. The topological polar surface area (TPSA) is 44.8 Å². The summed E-state index contributed by atoms with van der Waals surface area (Å²) in [5, 5.41) is 0. The molecule has 1 atom stereocenters. The van der Waals surface area contributed by atoms with Crippen LogP contribution in [0.2, 0.25) is 0 Å². The Labute approximate surface area is 101 Å². The number of esters is 1. The van der Waals surface area contributed by atoms with Crippen LogP contribution in [-0.4, -0.2) is 25.5 Å². The molecule has 0 saturated carbocycles. The zero-order chi connectivity index (χ0) is 12.5. The van der Waals surface area contributed by atoms with Gasteiger partial charge in [-0.15, -0.1) is 0 Å². The molecule has 92 valence electrons. The van der Waals surface area contributed by atoms with E-state index < -0.39 is 12.3 Å². The van der Waals surface area contributed by atoms with Crippen molar-refractivity contribution >= 4 is 5.97 Å². The average molecular weight is 236 g/mol. The number of para-hydroxylation sites is 1. The van der Waals surface area contributed by atoms with Gasteiger partial charge in [-0.2, -0.15) is 0 Å². The molecule has 0 heterocycles. The molecule has 0 N–H and O–H groups in total. The molecule has 4 heteroatoms. The molecule has 17 heavy (non-hydrogen) atoms. The van der Waals surface area contributed by atoms with Gasteiger partial charge in [0.15, 0.2) is 0 Å². The highest BCUT2D eigenvalue weighted by Gasteiger charge is 2.14. The molecule has 0 bridgehead atoms. The molecule has 1 aromatic carbocycles. The van der Waals surface area contributed by atoms with E-state index in [2.05, 4.69) is 6.58 Å². The zero-order valence-electron chi connectivity index (χ0n) is 9.80. The minimum Gasteiger partial charge on any atom is -0.452 e. The number of hydrogen-bond acceptors (Lipinski definition) is 4. The van der Waals surface area contributed by atoms with Crippen molar-refractivity contribution in [2.45, 2.75) is 13.2 Å². The van der Waals surface area contributed by atoms with Crippen LogP contribution in [0.1, 0.15) is 6.92 Å². The van der Waals surface area contributed by atoms with Crippen molar-refractivity contribution in [1.82, 2.24) is 0 Å². The molecule has 4 nitrogen and oxygen atoms in total. The molecule has 1 aromatic rings. The lowest BCUT2D eigenvalue weighted by Gasteiger charge is -2.18. The predicted molar refractivity (Wildman–Crippen MR) is 63.6 cm³/mol. The summed E-state index contributed by atoms with van der Waals surface area (Å²) in [5.74, 6) is 0.0831. The van der Waals surface area contributed by atoms with E-state index in [4.69, 9.17) is 14.2 Å². The van der Waals surface area contributed by atoms with Gasteiger partial charge in [-0.3, -0.25) is 0 Å². The Morgan fingerprint density at radius 1 is 1.41 bits per heavy atom. The Kier molecular flexibility index (Phi) is 5.82. The molecule has 0 amide bonds. The normalized spacial score (nSPS) is 11.6. The number of benzene rings is 1. The maximum atomic E-state index is 11.1. The fourth-order valence-electron chi connectivity index (χ4n) is 1.13. The zero-order valence-corrected chi connectivity index (χ0v) is 9.80. The van der Waals surface area contributed by atoms with Gasteiger partial charge in [-0.1, -0.05) is 24.8 Å². The van der Waals surface area contributed by atoms with Crippen molar-refractivity contribution in [3.05, 3.63) is 43.0 Å². The summed E-state index contributed by atoms with van der Waals surface area (Å²) in [7, 11) is 0. The average Bonchev–Trinajstić information content (AvgIpc) is 2.37. The number of rotatable bonds is 7. The third kappa shape index (κ3) is 5.17. The Hall–Kier alpha value is -1.81. The lowest BCUT2D eigenvalue weighted by molar-refractivity contribution is -0.165. The Balaban J connectivity index is 2.56. The number of carbonyl (C=O) groups is 1. The first-order chi connectivity index (χ1) is 8.26. The van der Waals surface area contributed by atoms with Gasteiger partial charge in [0.1, 0.15) is 12.4 Å². The predicted octanol–water partition coefficient (Wildman–Crippen LogP) is 2.16. The van der Waals surface area contributed by atoms with Gasteiger partial charge in [-0.05, 0) is 19.1 Å². The number of carbonyl (C=O) groups excluding carboxylic acids is 1. The van der Waals surface area contributed by atoms with Crippen molar-refractivity contribution < 1.29 is 19.0 Å². The fourth-order valence-corrected chi connectivity index (χ4v) is 1.13. The van der Waals surface area contributed by atoms with Gasteiger partial charge < -0.3 is 14.2 Å². The van der Waals surface area contributed by atoms with E-state index in [9.17, 15) is 4.79 Å². The Morgan fingerprint density at radius 2 is 2.12 bits per heavy atom. The first kappa shape index (κ1) is 13.3. The summed E-state index contributed by atoms with van der Waals surface area (Å²) in [6, 6.07) is 9.10. The molecule has 0 saturated heterocycles. The van der Waals surface area contributed by atoms with Crippen LogP contribution in [-0.2, 0) is 14.3 Å². The first-order valence-corrected chi connectivity index (χ1v) is 5.38. The maximum Gasteiger partial charge on any atom is 0.333 e. The van der Waals surface area contributed by atoms with Crippen LogP contribution in [0.25, 0.3) is 0 Å². The largest absolute Gasteiger partial charge is 0.452 e. The second-order valence-electron chi connectivity index (χ2n) is 3.16. The van der Waals surface area contributed by atoms with Crippen LogP contribution in [0.4, 0.5) is 0 Å². The second kappa shape index (κ2) is 7.46. The SMILES string of the molecule is C=CC(=O)OC(COCC)Oc1ccccc1. The molecule has 0 spiro atoms. The van der Waals surface area contributed by atoms with Crippen LogP contribution in [0.15, 0.2) is 43.0 Å². The van der Waals surface area contributed by atoms with Crippen LogP contribution in [0, 0.1) is 0 Å². The highest BCUT2D eigenvalue weighted by molar-refractivity contribution is 5.81. The summed E-state index contributed by atoms with van der Waals surface area (Å²) in [6.07, 6.45) is 0.329. The van der Waals surface area contributed by atoms with Crippen LogP contribution in [0.3, 0.4) is 0 Å². The molecule has 0 radical (unpaired) electrons. The highest BCUT2D eigenvalue weighted by atomic mass is 16.7. The van der Waals surface area contributed by atoms with E-state index in [0.717, 1.165) is 6.08 Å². The van der Waals surface area contributed by atoms with E-state index in [1.165, 1.54) is 0 Å². The summed E-state index contributed by atoms with van der Waals surface area (Å²) in [4.78, 5) is 11.1. The van der Waals surface area contributed by atoms with E-state index in [1.54, 1.807) is 12.1 Å². The lowest BCUT2D eigenvalue weighted by Crippen LogP contribution is -2.28. The standard InChI is InChI=1S/C13H16O4/c1-3-12(14)17-13(10-15-4-2)16-11-8-6-5-7-9-11/h3,5-9,13H,1,4,10H2,2H3. The highest BCUT2D eigenvalue weighted by Crippen LogP contribution is 2.12. The maximum absolute atomic E-state index is 11.1. The van der Waals surface area contributed by atoms with Crippen molar-refractivity contribution in [3.63, 3.8) is 0 Å². The van der Waals surface area contributed by atoms with Crippen molar-refractivity contribution in [3.8, 4) is 5.75 Å². The van der Waals surface area contributed by atoms with Gasteiger partial charge in [0.2, 0.25) is 0 Å². The summed E-state index contributed by atoms with van der Waals surface area (Å²) in [5.41, 5.74) is 0. The van der Waals surface area contributed by atoms with E-state index >= 15 is 0 Å². The van der Waals surface area contributed by atoms with E-state index in [1.807, 2.05) is 25.1 Å². The quantitative estimate of drug-likeness (QED) is 0.413. The molecule has 0 aliphatic heterocycles. The van der Waals surface area contributed by atoms with Crippen molar-refractivity contribution in [2.24, 2.45) is 0 Å². The van der Waals surface area contributed by atoms with Crippen molar-refractivity contribution in [1.29, 1.82) is 0 Å². The van der Waals surface area contributed by atoms with E-state index in [-0.39, 0.29) is 6.61 Å². The van der Waals surface area contributed by atoms with E-state index in [0.29, 0.717) is 12.4 Å². The van der Waals surface area contributed by atoms with Gasteiger partial charge in [0, 0.05) is 12.7 Å². The second-order valence-corrected chi connectivity index (χ2v) is 3.16. The molecular weight excluding hydrogens is 220 g/mol. The minimum absolute atomic E-state index is 0.185. The van der Waals surface area contributed by atoms with Gasteiger partial charge in [0.05, 0.1) is 0 Å². The molecule has 0 aliphatic carbocycles. The molecule has 1 rings (SSSR count). The van der Waals surface area contributed by atoms with Crippen LogP contribution >= 0.6 is 0 Å². The third-order valence-corrected chi connectivity index (χ3v) is 1.88.